The summed E-state index contributed by atoms with van der Waals surface area (Å²) in [5, 5.41) is 0. The Morgan fingerprint density at radius 3 is 3.15 bits per heavy atom. The van der Waals surface area contributed by atoms with Crippen LogP contribution >= 0.6 is 0 Å². The van der Waals surface area contributed by atoms with Crippen LogP contribution in [-0.2, 0) is 14.3 Å². The minimum atomic E-state index is -0.370. The lowest BCUT2D eigenvalue weighted by molar-refractivity contribution is -0.141. The predicted molar refractivity (Wildman–Crippen MR) is 42.0 cm³/mol. The Kier molecular flexibility index (Phi) is 1.86. The molecule has 0 aliphatic carbocycles. The maximum absolute atomic E-state index is 11.2. The highest BCUT2D eigenvalue weighted by Gasteiger charge is 2.45. The summed E-state index contributed by atoms with van der Waals surface area (Å²) < 4.78 is 9.62. The summed E-state index contributed by atoms with van der Waals surface area (Å²) in [5.41, 5.74) is 0. The van der Waals surface area contributed by atoms with Crippen LogP contribution in [-0.4, -0.2) is 42.8 Å². The van der Waals surface area contributed by atoms with Gasteiger partial charge in [-0.05, 0) is 0 Å². The Balaban J connectivity index is 2.08. The third-order valence-electron chi connectivity index (χ3n) is 2.55. The molecule has 0 aromatic carbocycles. The molecule has 2 rings (SSSR count). The number of carbonyl (C=O) groups excluding carboxylic acids is 2. The van der Waals surface area contributed by atoms with Crippen LogP contribution in [0.5, 0.6) is 0 Å². The lowest BCUT2D eigenvalue weighted by Crippen LogP contribution is -2.37. The summed E-state index contributed by atoms with van der Waals surface area (Å²) in [4.78, 5) is 23.7. The summed E-state index contributed by atoms with van der Waals surface area (Å²) in [5.74, 6) is -0.219. The Morgan fingerprint density at radius 1 is 1.69 bits per heavy atom. The van der Waals surface area contributed by atoms with Crippen molar-refractivity contribution in [3.63, 3.8) is 0 Å². The first-order valence-corrected chi connectivity index (χ1v) is 4.26. The van der Waals surface area contributed by atoms with Gasteiger partial charge in [0.25, 0.3) is 0 Å². The van der Waals surface area contributed by atoms with Crippen LogP contribution in [0.4, 0.5) is 4.79 Å². The molecule has 2 fully saturated rings. The van der Waals surface area contributed by atoms with Crippen LogP contribution in [0.15, 0.2) is 0 Å². The number of nitrogens with zero attached hydrogens (tertiary/aromatic N) is 1. The van der Waals surface area contributed by atoms with Crippen molar-refractivity contribution in [1.29, 1.82) is 0 Å². The maximum Gasteiger partial charge on any atom is 0.409 e. The zero-order chi connectivity index (χ0) is 9.42. The number of rotatable bonds is 0. The molecule has 0 unspecified atom stereocenters. The van der Waals surface area contributed by atoms with E-state index in [0.717, 1.165) is 6.42 Å². The molecule has 0 aromatic rings. The van der Waals surface area contributed by atoms with Gasteiger partial charge in [-0.15, -0.1) is 0 Å². The average molecular weight is 185 g/mol. The molecule has 72 valence electrons. The summed E-state index contributed by atoms with van der Waals surface area (Å²) in [6, 6.07) is -0.0973. The van der Waals surface area contributed by atoms with Crippen molar-refractivity contribution in [2.24, 2.45) is 0 Å². The third-order valence-corrected chi connectivity index (χ3v) is 2.55. The van der Waals surface area contributed by atoms with E-state index in [0.29, 0.717) is 13.0 Å². The van der Waals surface area contributed by atoms with Crippen molar-refractivity contribution in [3.8, 4) is 0 Å². The van der Waals surface area contributed by atoms with Gasteiger partial charge in [0.2, 0.25) is 0 Å². The van der Waals surface area contributed by atoms with Gasteiger partial charge >= 0.3 is 12.1 Å². The van der Waals surface area contributed by atoms with Gasteiger partial charge in [0.05, 0.1) is 19.6 Å². The molecule has 5 nitrogen and oxygen atoms in total. The van der Waals surface area contributed by atoms with E-state index in [4.69, 9.17) is 4.74 Å². The van der Waals surface area contributed by atoms with Crippen LogP contribution in [0.3, 0.4) is 0 Å². The molecule has 0 spiro atoms. The smallest absolute Gasteiger partial charge is 0.409 e. The molecule has 1 amide bonds. The Hall–Kier alpha value is -1.26. The molecule has 0 bridgehead atoms. The monoisotopic (exact) mass is 185 g/mol. The van der Waals surface area contributed by atoms with Crippen LogP contribution in [0.1, 0.15) is 12.8 Å². The van der Waals surface area contributed by atoms with Crippen LogP contribution in [0.25, 0.3) is 0 Å². The second-order valence-electron chi connectivity index (χ2n) is 3.25. The largest absolute Gasteiger partial charge is 0.460 e. The number of fused-ring (bicyclic) bond motifs is 1. The SMILES string of the molecule is COC(=O)N1CC[C@H]2OC(=O)C[C@H]21. The molecule has 0 radical (unpaired) electrons. The van der Waals surface area contributed by atoms with Gasteiger partial charge < -0.3 is 14.4 Å². The number of esters is 1. The number of ether oxygens (including phenoxy) is 2. The maximum atomic E-state index is 11.2. The molecular formula is C8H11NO4. The molecule has 2 aliphatic heterocycles. The van der Waals surface area contributed by atoms with E-state index in [1.54, 1.807) is 4.90 Å². The van der Waals surface area contributed by atoms with Gasteiger partial charge in [0.15, 0.2) is 0 Å². The Morgan fingerprint density at radius 2 is 2.46 bits per heavy atom. The quantitative estimate of drug-likeness (QED) is 0.504. The van der Waals surface area contributed by atoms with Gasteiger partial charge in [-0.25, -0.2) is 4.79 Å². The molecule has 2 atom stereocenters. The van der Waals surface area contributed by atoms with Crippen molar-refractivity contribution >= 4 is 12.1 Å². The van der Waals surface area contributed by atoms with E-state index >= 15 is 0 Å². The van der Waals surface area contributed by atoms with Crippen LogP contribution in [0.2, 0.25) is 0 Å². The first-order valence-electron chi connectivity index (χ1n) is 4.26. The van der Waals surface area contributed by atoms with Crippen molar-refractivity contribution in [2.45, 2.75) is 25.0 Å². The zero-order valence-electron chi connectivity index (χ0n) is 7.36. The van der Waals surface area contributed by atoms with Gasteiger partial charge in [-0.3, -0.25) is 4.79 Å². The van der Waals surface area contributed by atoms with Crippen molar-refractivity contribution in [2.75, 3.05) is 13.7 Å². The zero-order valence-corrected chi connectivity index (χ0v) is 7.36. The number of methoxy groups -OCH3 is 1. The molecule has 5 heteroatoms. The van der Waals surface area contributed by atoms with Gasteiger partial charge in [-0.1, -0.05) is 0 Å². The molecule has 0 N–H and O–H groups in total. The highest BCUT2D eigenvalue weighted by molar-refractivity contribution is 5.76. The molecule has 2 heterocycles. The Bertz CT molecular complexity index is 253. The predicted octanol–water partition coefficient (Wildman–Crippen LogP) is 0.143. The lowest BCUT2D eigenvalue weighted by atomic mass is 10.1. The molecule has 2 saturated heterocycles. The number of hydrogen-bond donors (Lipinski definition) is 0. The number of amides is 1. The standard InChI is InChI=1S/C8H11NO4/c1-12-8(11)9-3-2-6-5(9)4-7(10)13-6/h5-6H,2-4H2,1H3/t5-,6-/m1/s1. The minimum Gasteiger partial charge on any atom is -0.460 e. The van der Waals surface area contributed by atoms with Crippen molar-refractivity contribution in [1.82, 2.24) is 4.90 Å². The normalized spacial score (nSPS) is 31.5. The number of carbonyl (C=O) groups is 2. The van der Waals surface area contributed by atoms with Crippen LogP contribution in [0, 0.1) is 0 Å². The second kappa shape index (κ2) is 2.90. The molecule has 0 aromatic heterocycles. The van der Waals surface area contributed by atoms with Gasteiger partial charge in [-0.2, -0.15) is 0 Å². The van der Waals surface area contributed by atoms with Crippen LogP contribution < -0.4 is 0 Å². The van der Waals surface area contributed by atoms with E-state index < -0.39 is 0 Å². The summed E-state index contributed by atoms with van der Waals surface area (Å²) in [6.45, 7) is 0.620. The van der Waals surface area contributed by atoms with E-state index in [-0.39, 0.29) is 24.2 Å². The fraction of sp³-hybridized carbons (Fsp3) is 0.750. The summed E-state index contributed by atoms with van der Waals surface area (Å²) in [6.07, 6.45) is 0.558. The Labute approximate surface area is 75.6 Å². The van der Waals surface area contributed by atoms with E-state index in [2.05, 4.69) is 4.74 Å². The van der Waals surface area contributed by atoms with Crippen molar-refractivity contribution < 1.29 is 19.1 Å². The highest BCUT2D eigenvalue weighted by Crippen LogP contribution is 2.29. The van der Waals surface area contributed by atoms with E-state index in [1.165, 1.54) is 7.11 Å². The topological polar surface area (TPSA) is 55.8 Å². The molecule has 0 saturated carbocycles. The van der Waals surface area contributed by atoms with Crippen molar-refractivity contribution in [3.05, 3.63) is 0 Å². The fourth-order valence-electron chi connectivity index (χ4n) is 1.94. The van der Waals surface area contributed by atoms with E-state index in [1.807, 2.05) is 0 Å². The highest BCUT2D eigenvalue weighted by atomic mass is 16.6. The van der Waals surface area contributed by atoms with E-state index in [9.17, 15) is 9.59 Å². The third kappa shape index (κ3) is 1.24. The average Bonchev–Trinajstić information content (AvgIpc) is 2.61. The number of hydrogen-bond acceptors (Lipinski definition) is 4. The molecular weight excluding hydrogens is 174 g/mol. The molecule has 2 aliphatic rings. The first-order chi connectivity index (χ1) is 6.22. The molecule has 13 heavy (non-hydrogen) atoms. The summed E-state index contributed by atoms with van der Waals surface area (Å²) >= 11 is 0. The van der Waals surface area contributed by atoms with Gasteiger partial charge in [0, 0.05) is 13.0 Å². The lowest BCUT2D eigenvalue weighted by Gasteiger charge is -2.19. The van der Waals surface area contributed by atoms with Gasteiger partial charge in [0.1, 0.15) is 6.10 Å². The number of likely N-dealkylation sites (tertiary alicyclic amines) is 1. The summed E-state index contributed by atoms with van der Waals surface area (Å²) in [7, 11) is 1.34. The fourth-order valence-corrected chi connectivity index (χ4v) is 1.94. The second-order valence-corrected chi connectivity index (χ2v) is 3.25. The first kappa shape index (κ1) is 8.34. The minimum absolute atomic E-state index is 0.0973.